The highest BCUT2D eigenvalue weighted by Crippen LogP contribution is 2.42. The molecule has 0 aliphatic heterocycles. The molecule has 0 atom stereocenters. The Hall–Kier alpha value is -3.64. The molecule has 4 heterocycles. The number of hydrogen-bond donors (Lipinski definition) is 2. The van der Waals surface area contributed by atoms with Gasteiger partial charge in [-0.15, -0.1) is 11.3 Å². The number of pyridine rings is 2. The van der Waals surface area contributed by atoms with E-state index in [0.717, 1.165) is 38.3 Å². The summed E-state index contributed by atoms with van der Waals surface area (Å²) in [4.78, 5) is 15.9. The SMILES string of the molecule is CN(C)CCOc1ccccc1-c1cc2c(Nc3cnc4[nH]ccc4c3Cl)c(C#N)cnc2s1. The van der Waals surface area contributed by atoms with Crippen LogP contribution in [0, 0.1) is 11.3 Å². The fourth-order valence-corrected chi connectivity index (χ4v) is 4.96. The number of aromatic nitrogens is 3. The largest absolute Gasteiger partial charge is 0.492 e. The molecule has 2 N–H and O–H groups in total. The lowest BCUT2D eigenvalue weighted by atomic mass is 10.1. The number of benzene rings is 1. The highest BCUT2D eigenvalue weighted by atomic mass is 35.5. The van der Waals surface area contributed by atoms with E-state index >= 15 is 0 Å². The van der Waals surface area contributed by atoms with Gasteiger partial charge in [-0.2, -0.15) is 5.26 Å². The molecule has 0 saturated carbocycles. The molecule has 5 aromatic rings. The van der Waals surface area contributed by atoms with E-state index in [9.17, 15) is 5.26 Å². The van der Waals surface area contributed by atoms with E-state index in [1.807, 2.05) is 50.5 Å². The van der Waals surface area contributed by atoms with Gasteiger partial charge in [-0.3, -0.25) is 0 Å². The molecule has 34 heavy (non-hydrogen) atoms. The number of ether oxygens (including phenoxy) is 1. The summed E-state index contributed by atoms with van der Waals surface area (Å²) >= 11 is 8.19. The van der Waals surface area contributed by atoms with Gasteiger partial charge in [-0.25, -0.2) is 9.97 Å². The number of nitriles is 1. The molecule has 0 fully saturated rings. The van der Waals surface area contributed by atoms with Crippen LogP contribution in [0.5, 0.6) is 5.75 Å². The number of likely N-dealkylation sites (N-methyl/N-ethyl adjacent to an activating group) is 1. The fraction of sp³-hybridized carbons (Fsp3) is 0.160. The van der Waals surface area contributed by atoms with Crippen molar-refractivity contribution >= 4 is 55.6 Å². The summed E-state index contributed by atoms with van der Waals surface area (Å²) in [5, 5.41) is 15.3. The van der Waals surface area contributed by atoms with E-state index in [1.54, 1.807) is 29.9 Å². The summed E-state index contributed by atoms with van der Waals surface area (Å²) in [5.41, 5.74) is 3.40. The lowest BCUT2D eigenvalue weighted by molar-refractivity contribution is 0.262. The number of H-pyrrole nitrogens is 1. The smallest absolute Gasteiger partial charge is 0.138 e. The summed E-state index contributed by atoms with van der Waals surface area (Å²) in [7, 11) is 4.04. The summed E-state index contributed by atoms with van der Waals surface area (Å²) in [5.74, 6) is 0.816. The maximum absolute atomic E-state index is 9.77. The van der Waals surface area contributed by atoms with Crippen LogP contribution in [0.2, 0.25) is 5.02 Å². The number of anilines is 2. The number of halogens is 1. The number of nitrogens with one attached hydrogen (secondary N) is 2. The molecule has 4 aromatic heterocycles. The number of para-hydroxylation sites is 1. The lowest BCUT2D eigenvalue weighted by Crippen LogP contribution is -2.19. The van der Waals surface area contributed by atoms with Gasteiger partial charge in [0.05, 0.1) is 28.2 Å². The molecule has 5 rings (SSSR count). The molecule has 0 bridgehead atoms. The minimum atomic E-state index is 0.428. The minimum absolute atomic E-state index is 0.428. The zero-order valence-corrected chi connectivity index (χ0v) is 20.2. The number of rotatable bonds is 7. The minimum Gasteiger partial charge on any atom is -0.492 e. The van der Waals surface area contributed by atoms with Gasteiger partial charge in [-0.1, -0.05) is 23.7 Å². The van der Waals surface area contributed by atoms with Gasteiger partial charge in [0.25, 0.3) is 0 Å². The Balaban J connectivity index is 1.57. The highest BCUT2D eigenvalue weighted by Gasteiger charge is 2.17. The van der Waals surface area contributed by atoms with Crippen LogP contribution in [0.25, 0.3) is 31.7 Å². The first-order valence-corrected chi connectivity index (χ1v) is 11.8. The van der Waals surface area contributed by atoms with E-state index in [0.29, 0.717) is 34.2 Å². The van der Waals surface area contributed by atoms with Crippen LogP contribution in [-0.4, -0.2) is 47.1 Å². The monoisotopic (exact) mass is 488 g/mol. The molecule has 0 amide bonds. The summed E-state index contributed by atoms with van der Waals surface area (Å²) < 4.78 is 6.07. The molecule has 1 aromatic carbocycles. The molecule has 0 aliphatic rings. The average Bonchev–Trinajstić information content (AvgIpc) is 3.49. The standard InChI is InChI=1S/C25H21ClN6OS/c1-32(2)9-10-33-20-6-4-3-5-16(20)21-11-18-23(15(12-27)13-30-25(18)34-21)31-19-14-29-24-17(22(19)26)7-8-28-24/h3-8,11,13-14H,9-10H2,1-2H3,(H,28,29)(H,30,31). The van der Waals surface area contributed by atoms with Crippen LogP contribution in [-0.2, 0) is 0 Å². The summed E-state index contributed by atoms with van der Waals surface area (Å²) in [6.45, 7) is 1.41. The first-order valence-electron chi connectivity index (χ1n) is 10.6. The van der Waals surface area contributed by atoms with Crippen molar-refractivity contribution in [2.75, 3.05) is 32.6 Å². The van der Waals surface area contributed by atoms with Gasteiger partial charge in [0.2, 0.25) is 0 Å². The van der Waals surface area contributed by atoms with Crippen molar-refractivity contribution in [1.82, 2.24) is 19.9 Å². The zero-order chi connectivity index (χ0) is 23.7. The van der Waals surface area contributed by atoms with Crippen LogP contribution < -0.4 is 10.1 Å². The molecule has 170 valence electrons. The van der Waals surface area contributed by atoms with E-state index in [-0.39, 0.29) is 0 Å². The normalized spacial score (nSPS) is 11.3. The van der Waals surface area contributed by atoms with Crippen LogP contribution in [0.4, 0.5) is 11.4 Å². The van der Waals surface area contributed by atoms with Gasteiger partial charge in [0.1, 0.15) is 28.9 Å². The van der Waals surface area contributed by atoms with Crippen molar-refractivity contribution in [1.29, 1.82) is 5.26 Å². The second-order valence-corrected chi connectivity index (χ2v) is 9.40. The third kappa shape index (κ3) is 4.17. The number of aromatic amines is 1. The highest BCUT2D eigenvalue weighted by molar-refractivity contribution is 7.22. The van der Waals surface area contributed by atoms with Gasteiger partial charge < -0.3 is 19.9 Å². The summed E-state index contributed by atoms with van der Waals surface area (Å²) in [6.07, 6.45) is 5.04. The Kier molecular flexibility index (Phi) is 6.07. The van der Waals surface area contributed by atoms with Crippen LogP contribution in [0.3, 0.4) is 0 Å². The van der Waals surface area contributed by atoms with Crippen molar-refractivity contribution in [2.45, 2.75) is 0 Å². The third-order valence-electron chi connectivity index (χ3n) is 5.41. The van der Waals surface area contributed by atoms with E-state index in [1.165, 1.54) is 0 Å². The molecule has 0 unspecified atom stereocenters. The van der Waals surface area contributed by atoms with Crippen molar-refractivity contribution in [2.24, 2.45) is 0 Å². The average molecular weight is 489 g/mol. The molecule has 0 radical (unpaired) electrons. The topological polar surface area (TPSA) is 89.9 Å². The van der Waals surface area contributed by atoms with Crippen molar-refractivity contribution < 1.29 is 4.74 Å². The quantitative estimate of drug-likeness (QED) is 0.290. The Morgan fingerprint density at radius 2 is 2.03 bits per heavy atom. The number of hydrogen-bond acceptors (Lipinski definition) is 7. The van der Waals surface area contributed by atoms with Gasteiger partial charge in [0, 0.05) is 40.2 Å². The van der Waals surface area contributed by atoms with Crippen LogP contribution in [0.15, 0.2) is 55.0 Å². The van der Waals surface area contributed by atoms with Gasteiger partial charge in [-0.05, 0) is 38.4 Å². The molecule has 7 nitrogen and oxygen atoms in total. The van der Waals surface area contributed by atoms with Crippen molar-refractivity contribution in [3.63, 3.8) is 0 Å². The molecule has 0 saturated heterocycles. The Bertz CT molecular complexity index is 1530. The van der Waals surface area contributed by atoms with Gasteiger partial charge in [0.15, 0.2) is 0 Å². The predicted octanol–water partition coefficient (Wildman–Crippen LogP) is 6.05. The first-order chi connectivity index (χ1) is 16.5. The van der Waals surface area contributed by atoms with Gasteiger partial charge >= 0.3 is 0 Å². The number of nitrogens with zero attached hydrogens (tertiary/aromatic N) is 4. The Morgan fingerprint density at radius 1 is 1.18 bits per heavy atom. The predicted molar refractivity (Wildman–Crippen MR) is 138 cm³/mol. The first kappa shape index (κ1) is 22.2. The maximum atomic E-state index is 9.77. The second kappa shape index (κ2) is 9.31. The van der Waals surface area contributed by atoms with Crippen LogP contribution in [0.1, 0.15) is 5.56 Å². The van der Waals surface area contributed by atoms with E-state index in [4.69, 9.17) is 16.3 Å². The van der Waals surface area contributed by atoms with E-state index < -0.39 is 0 Å². The Labute approximate surface area is 205 Å². The second-order valence-electron chi connectivity index (χ2n) is 7.99. The maximum Gasteiger partial charge on any atom is 0.138 e. The fourth-order valence-electron chi connectivity index (χ4n) is 3.67. The molecule has 9 heteroatoms. The van der Waals surface area contributed by atoms with E-state index in [2.05, 4.69) is 31.2 Å². The molecule has 0 spiro atoms. The van der Waals surface area contributed by atoms with Crippen molar-refractivity contribution in [3.05, 3.63) is 65.6 Å². The molecular weight excluding hydrogens is 468 g/mol. The zero-order valence-electron chi connectivity index (χ0n) is 18.6. The number of thiophene rings is 1. The summed E-state index contributed by atoms with van der Waals surface area (Å²) in [6, 6.07) is 14.1. The van der Waals surface area contributed by atoms with Crippen LogP contribution >= 0.6 is 22.9 Å². The van der Waals surface area contributed by atoms with Crippen molar-refractivity contribution in [3.8, 4) is 22.3 Å². The Morgan fingerprint density at radius 3 is 2.85 bits per heavy atom. The third-order valence-corrected chi connectivity index (χ3v) is 6.90. The molecule has 0 aliphatic carbocycles. The lowest BCUT2D eigenvalue weighted by Gasteiger charge is -2.13. The number of fused-ring (bicyclic) bond motifs is 2. The molecular formula is C25H21ClN6OS.